The second-order valence-corrected chi connectivity index (χ2v) is 6.38. The molecule has 2 rings (SSSR count). The zero-order chi connectivity index (χ0) is 20.8. The van der Waals surface area contributed by atoms with Gasteiger partial charge >= 0.3 is 6.18 Å². The standard InChI is InChI=1S/C8H5F4NO.C8H9NO3S/c9-4-1-2-5(7(13)14)6(3-4)8(10,11)12;1-7-3-2-4-8(9-7)5-6-13(10,11)12/h1-3H,(H2,13,14);2-6H,1H3,(H,10,11,12)/b;6-5+. The minimum atomic E-state index is -4.79. The molecular weight excluding hydrogens is 392 g/mol. The number of carbonyl (C=O) groups is 1. The molecule has 0 unspecified atom stereocenters. The van der Waals surface area contributed by atoms with E-state index in [9.17, 15) is 30.8 Å². The number of primary amides is 1. The van der Waals surface area contributed by atoms with Crippen LogP contribution in [0.25, 0.3) is 6.08 Å². The molecule has 0 aliphatic rings. The normalized spacial score (nSPS) is 11.8. The summed E-state index contributed by atoms with van der Waals surface area (Å²) in [5.41, 5.74) is 3.89. The van der Waals surface area contributed by atoms with E-state index in [0.717, 1.165) is 11.8 Å². The molecule has 11 heteroatoms. The van der Waals surface area contributed by atoms with Crippen molar-refractivity contribution >= 4 is 22.1 Å². The van der Waals surface area contributed by atoms with Gasteiger partial charge in [0.25, 0.3) is 10.1 Å². The molecule has 0 aliphatic heterocycles. The predicted octanol–water partition coefficient (Wildman–Crippen LogP) is 3.19. The summed E-state index contributed by atoms with van der Waals surface area (Å²) in [6.45, 7) is 1.80. The van der Waals surface area contributed by atoms with E-state index < -0.39 is 39.1 Å². The number of alkyl halides is 3. The van der Waals surface area contributed by atoms with Gasteiger partial charge in [-0.2, -0.15) is 21.6 Å². The molecule has 1 aromatic carbocycles. The first-order chi connectivity index (χ1) is 12.3. The average Bonchev–Trinajstić information content (AvgIpc) is 2.52. The Balaban J connectivity index is 0.000000271. The van der Waals surface area contributed by atoms with Gasteiger partial charge in [-0.1, -0.05) is 6.07 Å². The van der Waals surface area contributed by atoms with E-state index in [2.05, 4.69) is 4.98 Å². The monoisotopic (exact) mass is 406 g/mol. The van der Waals surface area contributed by atoms with Crippen LogP contribution in [0.4, 0.5) is 17.6 Å². The predicted molar refractivity (Wildman–Crippen MR) is 89.5 cm³/mol. The van der Waals surface area contributed by atoms with E-state index in [4.69, 9.17) is 10.3 Å². The largest absolute Gasteiger partial charge is 0.417 e. The van der Waals surface area contributed by atoms with Crippen molar-refractivity contribution < 1.29 is 35.3 Å². The van der Waals surface area contributed by atoms with Gasteiger partial charge in [-0.05, 0) is 43.3 Å². The van der Waals surface area contributed by atoms with Crippen LogP contribution in [-0.4, -0.2) is 23.9 Å². The van der Waals surface area contributed by atoms with Crippen molar-refractivity contribution in [2.24, 2.45) is 5.73 Å². The number of nitrogens with two attached hydrogens (primary N) is 1. The van der Waals surface area contributed by atoms with E-state index in [1.54, 1.807) is 25.1 Å². The van der Waals surface area contributed by atoms with Gasteiger partial charge in [0.15, 0.2) is 0 Å². The molecule has 2 aromatic rings. The van der Waals surface area contributed by atoms with Gasteiger partial charge in [0.2, 0.25) is 5.91 Å². The first kappa shape index (κ1) is 22.3. The fourth-order valence-electron chi connectivity index (χ4n) is 1.78. The molecule has 0 fully saturated rings. The molecule has 0 bridgehead atoms. The Morgan fingerprint density at radius 1 is 1.22 bits per heavy atom. The van der Waals surface area contributed by atoms with E-state index in [1.165, 1.54) is 6.08 Å². The SMILES string of the molecule is Cc1cccc(/C=C/S(=O)(=O)O)n1.NC(=O)c1ccc(F)cc1C(F)(F)F. The molecule has 0 aliphatic carbocycles. The number of amides is 1. The summed E-state index contributed by atoms with van der Waals surface area (Å²) < 4.78 is 78.2. The molecule has 0 saturated heterocycles. The molecule has 0 radical (unpaired) electrons. The highest BCUT2D eigenvalue weighted by atomic mass is 32.2. The molecule has 0 spiro atoms. The van der Waals surface area contributed by atoms with Gasteiger partial charge in [0.1, 0.15) is 5.82 Å². The van der Waals surface area contributed by atoms with E-state index in [1.807, 2.05) is 0 Å². The van der Waals surface area contributed by atoms with E-state index >= 15 is 0 Å². The van der Waals surface area contributed by atoms with E-state index in [-0.39, 0.29) is 6.07 Å². The number of carbonyl (C=O) groups excluding carboxylic acids is 1. The van der Waals surface area contributed by atoms with Gasteiger partial charge in [0.05, 0.1) is 22.2 Å². The van der Waals surface area contributed by atoms with Crippen molar-refractivity contribution in [3.05, 3.63) is 70.1 Å². The summed E-state index contributed by atoms with van der Waals surface area (Å²) in [5, 5.41) is 0.703. The molecule has 0 saturated carbocycles. The molecule has 6 nitrogen and oxygen atoms in total. The number of hydrogen-bond donors (Lipinski definition) is 2. The first-order valence-electron chi connectivity index (χ1n) is 7.05. The number of hydrogen-bond acceptors (Lipinski definition) is 4. The number of nitrogens with zero attached hydrogens (tertiary/aromatic N) is 1. The Hall–Kier alpha value is -2.79. The van der Waals surface area contributed by atoms with Crippen molar-refractivity contribution in [2.45, 2.75) is 13.1 Å². The lowest BCUT2D eigenvalue weighted by molar-refractivity contribution is -0.138. The smallest absolute Gasteiger partial charge is 0.366 e. The maximum Gasteiger partial charge on any atom is 0.417 e. The highest BCUT2D eigenvalue weighted by molar-refractivity contribution is 7.88. The Morgan fingerprint density at radius 3 is 2.33 bits per heavy atom. The van der Waals surface area contributed by atoms with Crippen LogP contribution in [0.5, 0.6) is 0 Å². The number of pyridine rings is 1. The van der Waals surface area contributed by atoms with Crippen LogP contribution in [-0.2, 0) is 16.3 Å². The number of aromatic nitrogens is 1. The minimum Gasteiger partial charge on any atom is -0.366 e. The van der Waals surface area contributed by atoms with Crippen LogP contribution in [0.2, 0.25) is 0 Å². The molecule has 1 amide bonds. The lowest BCUT2D eigenvalue weighted by Crippen LogP contribution is -2.18. The van der Waals surface area contributed by atoms with Crippen LogP contribution < -0.4 is 5.73 Å². The second-order valence-electron chi connectivity index (χ2n) is 5.07. The lowest BCUT2D eigenvalue weighted by Gasteiger charge is -2.09. The van der Waals surface area contributed by atoms with Crippen LogP contribution in [0.1, 0.15) is 27.3 Å². The van der Waals surface area contributed by atoms with Crippen molar-refractivity contribution in [2.75, 3.05) is 0 Å². The second kappa shape index (κ2) is 8.73. The Kier molecular flexibility index (Phi) is 7.20. The molecule has 0 atom stereocenters. The fraction of sp³-hybridized carbons (Fsp3) is 0.125. The van der Waals surface area contributed by atoms with Crippen molar-refractivity contribution in [1.29, 1.82) is 0 Å². The molecule has 146 valence electrons. The third-order valence-electron chi connectivity index (χ3n) is 2.87. The average molecular weight is 406 g/mol. The third kappa shape index (κ3) is 7.96. The van der Waals surface area contributed by atoms with Crippen LogP contribution in [0.3, 0.4) is 0 Å². The quantitative estimate of drug-likeness (QED) is 0.601. The molecule has 3 N–H and O–H groups in total. The van der Waals surface area contributed by atoms with Gasteiger partial charge < -0.3 is 5.73 Å². The van der Waals surface area contributed by atoms with Crippen LogP contribution in [0.15, 0.2) is 41.8 Å². The van der Waals surface area contributed by atoms with Crippen LogP contribution >= 0.6 is 0 Å². The topological polar surface area (TPSA) is 110 Å². The molecule has 1 aromatic heterocycles. The maximum absolute atomic E-state index is 12.5. The summed E-state index contributed by atoms with van der Waals surface area (Å²) in [5.74, 6) is -2.31. The van der Waals surface area contributed by atoms with Gasteiger partial charge in [0, 0.05) is 5.69 Å². The molecular formula is C16H14F4N2O4S. The molecule has 27 heavy (non-hydrogen) atoms. The Bertz CT molecular complexity index is 957. The summed E-state index contributed by atoms with van der Waals surface area (Å²) in [6.07, 6.45) is -3.55. The third-order valence-corrected chi connectivity index (χ3v) is 3.35. The van der Waals surface area contributed by atoms with Crippen molar-refractivity contribution in [3.63, 3.8) is 0 Å². The van der Waals surface area contributed by atoms with E-state index in [0.29, 0.717) is 17.2 Å². The van der Waals surface area contributed by atoms with Crippen molar-refractivity contribution in [3.8, 4) is 0 Å². The zero-order valence-electron chi connectivity index (χ0n) is 13.7. The Labute approximate surface area is 152 Å². The summed E-state index contributed by atoms with van der Waals surface area (Å²) in [4.78, 5) is 14.6. The summed E-state index contributed by atoms with van der Waals surface area (Å²) in [6, 6.07) is 6.89. The van der Waals surface area contributed by atoms with Crippen molar-refractivity contribution in [1.82, 2.24) is 4.98 Å². The highest BCUT2D eigenvalue weighted by Crippen LogP contribution is 2.32. The zero-order valence-corrected chi connectivity index (χ0v) is 14.6. The van der Waals surface area contributed by atoms with Gasteiger partial charge in [-0.15, -0.1) is 0 Å². The van der Waals surface area contributed by atoms with Gasteiger partial charge in [-0.25, -0.2) is 4.39 Å². The Morgan fingerprint density at radius 2 is 1.85 bits per heavy atom. The first-order valence-corrected chi connectivity index (χ1v) is 8.55. The highest BCUT2D eigenvalue weighted by Gasteiger charge is 2.35. The maximum atomic E-state index is 12.5. The number of halogens is 4. The summed E-state index contributed by atoms with van der Waals surface area (Å²) >= 11 is 0. The lowest BCUT2D eigenvalue weighted by atomic mass is 10.1. The van der Waals surface area contributed by atoms with Crippen LogP contribution in [0, 0.1) is 12.7 Å². The minimum absolute atomic E-state index is 0.236. The fourth-order valence-corrected chi connectivity index (χ4v) is 2.09. The number of rotatable bonds is 3. The summed E-state index contributed by atoms with van der Waals surface area (Å²) in [7, 11) is -4.06. The number of aryl methyl sites for hydroxylation is 1. The number of benzene rings is 1. The van der Waals surface area contributed by atoms with Gasteiger partial charge in [-0.3, -0.25) is 14.3 Å². The molecule has 1 heterocycles.